The molecule has 1 aromatic carbocycles. The fraction of sp³-hybridized carbons (Fsp3) is 0.571. The van der Waals surface area contributed by atoms with E-state index in [9.17, 15) is 0 Å². The van der Waals surface area contributed by atoms with Crippen molar-refractivity contribution in [3.8, 4) is 0 Å². The van der Waals surface area contributed by atoms with Crippen LogP contribution in [-0.4, -0.2) is 12.1 Å². The second kappa shape index (κ2) is 6.53. The van der Waals surface area contributed by atoms with E-state index in [1.807, 2.05) is 0 Å². The van der Waals surface area contributed by atoms with Gasteiger partial charge in [-0.05, 0) is 43.9 Å². The van der Waals surface area contributed by atoms with Gasteiger partial charge in [0.1, 0.15) is 0 Å². The summed E-state index contributed by atoms with van der Waals surface area (Å²) in [7, 11) is 0. The van der Waals surface area contributed by atoms with Gasteiger partial charge in [-0.25, -0.2) is 0 Å². The van der Waals surface area contributed by atoms with E-state index in [1.165, 1.54) is 31.2 Å². The average Bonchev–Trinajstić information content (AvgIpc) is 2.83. The summed E-state index contributed by atoms with van der Waals surface area (Å²) in [5.74, 6) is 0. The van der Waals surface area contributed by atoms with Gasteiger partial charge in [0, 0.05) is 10.5 Å². The molecule has 0 spiro atoms. The molecule has 1 saturated carbocycles. The number of hydrogen-bond acceptors (Lipinski definition) is 2. The Morgan fingerprint density at radius 1 is 1.29 bits per heavy atom. The molecule has 2 nitrogen and oxygen atoms in total. The second-order valence-electron chi connectivity index (χ2n) is 4.87. The van der Waals surface area contributed by atoms with Crippen molar-refractivity contribution < 1.29 is 4.84 Å². The monoisotopic (exact) mass is 297 g/mol. The average molecular weight is 298 g/mol. The third kappa shape index (κ3) is 4.41. The van der Waals surface area contributed by atoms with E-state index in [2.05, 4.69) is 52.6 Å². The molecule has 1 aliphatic carbocycles. The number of halogens is 1. The fourth-order valence-corrected chi connectivity index (χ4v) is 2.50. The van der Waals surface area contributed by atoms with E-state index >= 15 is 0 Å². The minimum absolute atomic E-state index is 0.358. The largest absolute Gasteiger partial charge is 0.298 e. The Kier molecular flexibility index (Phi) is 5.01. The van der Waals surface area contributed by atoms with E-state index in [4.69, 9.17) is 4.84 Å². The molecule has 0 aliphatic heterocycles. The highest BCUT2D eigenvalue weighted by Crippen LogP contribution is 2.20. The van der Waals surface area contributed by atoms with E-state index in [0.717, 1.165) is 10.9 Å². The number of hydrogen-bond donors (Lipinski definition) is 1. The molecule has 1 aromatic rings. The van der Waals surface area contributed by atoms with Crippen molar-refractivity contribution in [2.75, 3.05) is 0 Å². The molecule has 1 unspecified atom stereocenters. The highest BCUT2D eigenvalue weighted by molar-refractivity contribution is 9.10. The second-order valence-corrected chi connectivity index (χ2v) is 5.79. The molecule has 0 aromatic heterocycles. The fourth-order valence-electron chi connectivity index (χ4n) is 2.23. The molecule has 0 radical (unpaired) electrons. The van der Waals surface area contributed by atoms with Gasteiger partial charge in [-0.1, -0.05) is 40.9 Å². The van der Waals surface area contributed by atoms with Crippen LogP contribution in [0.25, 0.3) is 0 Å². The van der Waals surface area contributed by atoms with Gasteiger partial charge in [-0.2, -0.15) is 5.48 Å². The Balaban J connectivity index is 1.72. The molecule has 2 rings (SSSR count). The molecule has 1 aliphatic rings. The molecule has 1 atom stereocenters. The van der Waals surface area contributed by atoms with Crippen molar-refractivity contribution in [1.29, 1.82) is 0 Å². The topological polar surface area (TPSA) is 21.3 Å². The van der Waals surface area contributed by atoms with Gasteiger partial charge in [0.25, 0.3) is 0 Å². The van der Waals surface area contributed by atoms with Crippen LogP contribution in [-0.2, 0) is 11.3 Å². The standard InChI is InChI=1S/C14H20BrNO/c1-11(16-17-14-4-2-3-5-14)10-12-6-8-13(15)9-7-12/h6-9,11,14,16H,2-5,10H2,1H3. The van der Waals surface area contributed by atoms with Crippen LogP contribution < -0.4 is 5.48 Å². The lowest BCUT2D eigenvalue weighted by Gasteiger charge is -2.17. The highest BCUT2D eigenvalue weighted by atomic mass is 79.9. The van der Waals surface area contributed by atoms with Crippen molar-refractivity contribution >= 4 is 15.9 Å². The van der Waals surface area contributed by atoms with Crippen molar-refractivity contribution in [2.24, 2.45) is 0 Å². The maximum Gasteiger partial charge on any atom is 0.0790 e. The molecule has 0 amide bonds. The lowest BCUT2D eigenvalue weighted by Crippen LogP contribution is -2.31. The number of hydroxylamine groups is 1. The van der Waals surface area contributed by atoms with E-state index in [-0.39, 0.29) is 0 Å². The van der Waals surface area contributed by atoms with Gasteiger partial charge in [-0.3, -0.25) is 4.84 Å². The van der Waals surface area contributed by atoms with Gasteiger partial charge >= 0.3 is 0 Å². The molecule has 17 heavy (non-hydrogen) atoms. The zero-order valence-corrected chi connectivity index (χ0v) is 11.9. The smallest absolute Gasteiger partial charge is 0.0790 e. The minimum Gasteiger partial charge on any atom is -0.298 e. The van der Waals surface area contributed by atoms with Gasteiger partial charge < -0.3 is 0 Å². The lowest BCUT2D eigenvalue weighted by molar-refractivity contribution is -0.0369. The van der Waals surface area contributed by atoms with E-state index in [0.29, 0.717) is 12.1 Å². The highest BCUT2D eigenvalue weighted by Gasteiger charge is 2.16. The summed E-state index contributed by atoms with van der Waals surface area (Å²) in [4.78, 5) is 5.70. The summed E-state index contributed by atoms with van der Waals surface area (Å²) >= 11 is 3.45. The summed E-state index contributed by atoms with van der Waals surface area (Å²) in [6.45, 7) is 2.16. The number of nitrogens with one attached hydrogen (secondary N) is 1. The Bertz CT molecular complexity index is 333. The first-order valence-corrected chi connectivity index (χ1v) is 7.19. The van der Waals surface area contributed by atoms with Crippen LogP contribution in [0.2, 0.25) is 0 Å². The van der Waals surface area contributed by atoms with Gasteiger partial charge in [0.05, 0.1) is 6.10 Å². The van der Waals surface area contributed by atoms with Crippen LogP contribution in [0.4, 0.5) is 0 Å². The summed E-state index contributed by atoms with van der Waals surface area (Å²) < 4.78 is 1.13. The number of rotatable bonds is 5. The molecular weight excluding hydrogens is 278 g/mol. The van der Waals surface area contributed by atoms with Crippen molar-refractivity contribution in [3.05, 3.63) is 34.3 Å². The molecule has 3 heteroatoms. The Labute approximate surface area is 112 Å². The van der Waals surface area contributed by atoms with E-state index in [1.54, 1.807) is 0 Å². The number of benzene rings is 1. The third-order valence-corrected chi connectivity index (χ3v) is 3.72. The predicted molar refractivity (Wildman–Crippen MR) is 73.8 cm³/mol. The molecule has 1 fully saturated rings. The molecule has 1 N–H and O–H groups in total. The molecule has 0 bridgehead atoms. The predicted octanol–water partition coefficient (Wildman–Crippen LogP) is 3.84. The minimum atomic E-state index is 0.358. The van der Waals surface area contributed by atoms with Crippen LogP contribution >= 0.6 is 15.9 Å². The Hall–Kier alpha value is -0.380. The van der Waals surface area contributed by atoms with Crippen LogP contribution in [0.15, 0.2) is 28.7 Å². The normalized spacial score (nSPS) is 18.5. The van der Waals surface area contributed by atoms with Crippen LogP contribution in [0.1, 0.15) is 38.2 Å². The quantitative estimate of drug-likeness (QED) is 0.834. The first-order valence-electron chi connectivity index (χ1n) is 6.39. The van der Waals surface area contributed by atoms with Gasteiger partial charge in [0.15, 0.2) is 0 Å². The van der Waals surface area contributed by atoms with Crippen molar-refractivity contribution in [1.82, 2.24) is 5.48 Å². The summed E-state index contributed by atoms with van der Waals surface area (Å²) in [5, 5.41) is 0. The first-order chi connectivity index (χ1) is 8.24. The SMILES string of the molecule is CC(Cc1ccc(Br)cc1)NOC1CCCC1. The van der Waals surface area contributed by atoms with Gasteiger partial charge in [0.2, 0.25) is 0 Å². The van der Waals surface area contributed by atoms with Gasteiger partial charge in [-0.15, -0.1) is 0 Å². The summed E-state index contributed by atoms with van der Waals surface area (Å²) in [6.07, 6.45) is 6.47. The lowest BCUT2D eigenvalue weighted by atomic mass is 10.1. The van der Waals surface area contributed by atoms with Crippen molar-refractivity contribution in [3.63, 3.8) is 0 Å². The molecule has 0 saturated heterocycles. The maximum absolute atomic E-state index is 5.70. The molecule has 0 heterocycles. The van der Waals surface area contributed by atoms with Crippen molar-refractivity contribution in [2.45, 2.75) is 51.2 Å². The zero-order valence-electron chi connectivity index (χ0n) is 10.3. The Morgan fingerprint density at radius 3 is 2.59 bits per heavy atom. The maximum atomic E-state index is 5.70. The third-order valence-electron chi connectivity index (χ3n) is 3.19. The summed E-state index contributed by atoms with van der Waals surface area (Å²) in [6, 6.07) is 8.83. The zero-order chi connectivity index (χ0) is 12.1. The van der Waals surface area contributed by atoms with Crippen LogP contribution in [0.3, 0.4) is 0 Å². The molecular formula is C14H20BrNO. The first kappa shape index (κ1) is 13.1. The molecule has 94 valence electrons. The van der Waals surface area contributed by atoms with E-state index < -0.39 is 0 Å². The van der Waals surface area contributed by atoms with Crippen LogP contribution in [0, 0.1) is 0 Å². The summed E-state index contributed by atoms with van der Waals surface area (Å²) in [5.41, 5.74) is 4.51. The Morgan fingerprint density at radius 2 is 1.94 bits per heavy atom. The van der Waals surface area contributed by atoms with Crippen LogP contribution in [0.5, 0.6) is 0 Å².